The first-order chi connectivity index (χ1) is 22.8. The van der Waals surface area contributed by atoms with Crippen molar-refractivity contribution in [1.29, 1.82) is 0 Å². The van der Waals surface area contributed by atoms with Crippen molar-refractivity contribution < 1.29 is 0 Å². The van der Waals surface area contributed by atoms with Gasteiger partial charge >= 0.3 is 0 Å². The zero-order valence-corrected chi connectivity index (χ0v) is 25.9. The van der Waals surface area contributed by atoms with Gasteiger partial charge in [-0.15, -0.1) is 11.3 Å². The summed E-state index contributed by atoms with van der Waals surface area (Å²) in [6.45, 7) is 0. The molecule has 0 unspecified atom stereocenters. The molecule has 9 rings (SSSR count). The van der Waals surface area contributed by atoms with Crippen LogP contribution in [0.4, 0.5) is 17.1 Å². The molecule has 8 aromatic carbocycles. The van der Waals surface area contributed by atoms with Crippen molar-refractivity contribution in [1.82, 2.24) is 0 Å². The van der Waals surface area contributed by atoms with Gasteiger partial charge in [0.15, 0.2) is 0 Å². The van der Waals surface area contributed by atoms with E-state index < -0.39 is 0 Å². The van der Waals surface area contributed by atoms with Gasteiger partial charge in [-0.1, -0.05) is 140 Å². The summed E-state index contributed by atoms with van der Waals surface area (Å²) in [4.78, 5) is 2.47. The largest absolute Gasteiger partial charge is 0.309 e. The Hall–Kier alpha value is -5.70. The van der Waals surface area contributed by atoms with Gasteiger partial charge in [-0.2, -0.15) is 0 Å². The molecule has 2 heteroatoms. The van der Waals surface area contributed by atoms with Gasteiger partial charge in [0, 0.05) is 42.2 Å². The summed E-state index contributed by atoms with van der Waals surface area (Å²) in [6, 6.07) is 64.0. The van der Waals surface area contributed by atoms with Crippen molar-refractivity contribution >= 4 is 70.1 Å². The van der Waals surface area contributed by atoms with Gasteiger partial charge in [0.1, 0.15) is 0 Å². The van der Waals surface area contributed by atoms with Gasteiger partial charge in [0.25, 0.3) is 0 Å². The number of fused-ring (bicyclic) bond motifs is 6. The standard InChI is InChI=1S/C44H29NS/c1-3-13-30(14-4-1)34-24-26-43-39(28-34)40-29-42(37-20-9-10-21-38(37)44(40)46-43)45(35-25-23-31-15-7-8-18-33(31)27-35)41-22-12-11-19-36(41)32-16-5-2-6-17-32/h1-29H. The average Bonchev–Trinajstić information content (AvgIpc) is 3.51. The Bertz CT molecular complexity index is 2530. The first-order valence-electron chi connectivity index (χ1n) is 15.7. The monoisotopic (exact) mass is 603 g/mol. The van der Waals surface area contributed by atoms with Crippen molar-refractivity contribution in [3.05, 3.63) is 176 Å². The lowest BCUT2D eigenvalue weighted by molar-refractivity contribution is 1.31. The molecule has 9 aromatic rings. The second-order valence-electron chi connectivity index (χ2n) is 11.7. The third kappa shape index (κ3) is 4.46. The summed E-state index contributed by atoms with van der Waals surface area (Å²) in [5.74, 6) is 0. The third-order valence-corrected chi connectivity index (χ3v) is 10.2. The van der Waals surface area contributed by atoms with Gasteiger partial charge < -0.3 is 4.90 Å². The lowest BCUT2D eigenvalue weighted by atomic mass is 9.98. The highest BCUT2D eigenvalue weighted by Crippen LogP contribution is 2.48. The van der Waals surface area contributed by atoms with E-state index in [1.165, 1.54) is 69.7 Å². The van der Waals surface area contributed by atoms with Crippen LogP contribution in [0.5, 0.6) is 0 Å². The van der Waals surface area contributed by atoms with Crippen LogP contribution in [0.15, 0.2) is 176 Å². The van der Waals surface area contributed by atoms with Gasteiger partial charge in [-0.3, -0.25) is 0 Å². The number of para-hydroxylation sites is 1. The van der Waals surface area contributed by atoms with Gasteiger partial charge in [-0.05, 0) is 63.9 Å². The molecule has 1 aromatic heterocycles. The SMILES string of the molecule is c1ccc(-c2ccc3sc4c5ccccc5c(N(c5ccc6ccccc6c5)c5ccccc5-c5ccccc5)cc4c3c2)cc1. The quantitative estimate of drug-likeness (QED) is 0.189. The van der Waals surface area contributed by atoms with E-state index in [4.69, 9.17) is 0 Å². The molecule has 46 heavy (non-hydrogen) atoms. The van der Waals surface area contributed by atoms with Crippen LogP contribution >= 0.6 is 11.3 Å². The van der Waals surface area contributed by atoms with Crippen molar-refractivity contribution in [3.63, 3.8) is 0 Å². The topological polar surface area (TPSA) is 3.24 Å². The summed E-state index contributed by atoms with van der Waals surface area (Å²) in [6.07, 6.45) is 0. The molecule has 0 aliphatic rings. The number of thiophene rings is 1. The van der Waals surface area contributed by atoms with E-state index in [2.05, 4.69) is 181 Å². The van der Waals surface area contributed by atoms with E-state index in [0.29, 0.717) is 0 Å². The molecule has 0 N–H and O–H groups in total. The molecule has 0 radical (unpaired) electrons. The molecular weight excluding hydrogens is 575 g/mol. The molecule has 0 spiro atoms. The molecule has 0 fully saturated rings. The fourth-order valence-electron chi connectivity index (χ4n) is 6.83. The van der Waals surface area contributed by atoms with Crippen LogP contribution in [0, 0.1) is 0 Å². The number of hydrogen-bond acceptors (Lipinski definition) is 2. The Morgan fingerprint density at radius 2 is 1.04 bits per heavy atom. The Balaban J connectivity index is 1.37. The first kappa shape index (κ1) is 26.7. The van der Waals surface area contributed by atoms with Crippen LogP contribution in [-0.2, 0) is 0 Å². The number of nitrogens with zero attached hydrogens (tertiary/aromatic N) is 1. The smallest absolute Gasteiger partial charge is 0.0547 e. The van der Waals surface area contributed by atoms with Gasteiger partial charge in [0.05, 0.1) is 11.4 Å². The maximum Gasteiger partial charge on any atom is 0.0547 e. The Morgan fingerprint density at radius 3 is 1.87 bits per heavy atom. The van der Waals surface area contributed by atoms with E-state index in [0.717, 1.165) is 11.4 Å². The van der Waals surface area contributed by atoms with Crippen LogP contribution < -0.4 is 4.90 Å². The summed E-state index contributed by atoms with van der Waals surface area (Å²) in [7, 11) is 0. The van der Waals surface area contributed by atoms with Crippen LogP contribution in [0.2, 0.25) is 0 Å². The maximum atomic E-state index is 2.47. The van der Waals surface area contributed by atoms with E-state index >= 15 is 0 Å². The van der Waals surface area contributed by atoms with Crippen LogP contribution in [0.1, 0.15) is 0 Å². The number of hydrogen-bond donors (Lipinski definition) is 0. The molecule has 0 saturated heterocycles. The predicted molar refractivity (Wildman–Crippen MR) is 200 cm³/mol. The van der Waals surface area contributed by atoms with E-state index in [1.54, 1.807) is 0 Å². The van der Waals surface area contributed by atoms with Crippen molar-refractivity contribution in [2.45, 2.75) is 0 Å². The second kappa shape index (κ2) is 11.0. The fourth-order valence-corrected chi connectivity index (χ4v) is 8.03. The van der Waals surface area contributed by atoms with Gasteiger partial charge in [-0.25, -0.2) is 0 Å². The maximum absolute atomic E-state index is 2.47. The minimum atomic E-state index is 1.14. The van der Waals surface area contributed by atoms with E-state index in [-0.39, 0.29) is 0 Å². The fraction of sp³-hybridized carbons (Fsp3) is 0. The molecule has 1 heterocycles. The highest BCUT2D eigenvalue weighted by atomic mass is 32.1. The summed E-state index contributed by atoms with van der Waals surface area (Å²) in [5, 5.41) is 7.56. The van der Waals surface area contributed by atoms with Crippen LogP contribution in [-0.4, -0.2) is 0 Å². The van der Waals surface area contributed by atoms with E-state index in [1.807, 2.05) is 11.3 Å². The molecule has 0 aliphatic carbocycles. The van der Waals surface area contributed by atoms with Crippen molar-refractivity contribution in [3.8, 4) is 22.3 Å². The Kier molecular flexibility index (Phi) is 6.40. The number of rotatable bonds is 5. The summed E-state index contributed by atoms with van der Waals surface area (Å²) >= 11 is 1.89. The predicted octanol–water partition coefficient (Wildman–Crippen LogP) is 13.2. The highest BCUT2D eigenvalue weighted by Gasteiger charge is 2.22. The number of benzene rings is 8. The normalized spacial score (nSPS) is 11.5. The van der Waals surface area contributed by atoms with E-state index in [9.17, 15) is 0 Å². The summed E-state index contributed by atoms with van der Waals surface area (Å²) < 4.78 is 2.63. The van der Waals surface area contributed by atoms with Gasteiger partial charge in [0.2, 0.25) is 0 Å². The Labute approximate surface area is 272 Å². The molecular formula is C44H29NS. The van der Waals surface area contributed by atoms with Crippen LogP contribution in [0.25, 0.3) is 64.0 Å². The number of anilines is 3. The molecule has 0 atom stereocenters. The lowest BCUT2D eigenvalue weighted by Gasteiger charge is -2.29. The van der Waals surface area contributed by atoms with Crippen LogP contribution in [0.3, 0.4) is 0 Å². The Morgan fingerprint density at radius 1 is 0.370 bits per heavy atom. The molecule has 0 aliphatic heterocycles. The van der Waals surface area contributed by atoms with Crippen molar-refractivity contribution in [2.24, 2.45) is 0 Å². The zero-order chi connectivity index (χ0) is 30.5. The minimum Gasteiger partial charge on any atom is -0.309 e. The summed E-state index contributed by atoms with van der Waals surface area (Å²) in [5.41, 5.74) is 8.33. The molecule has 216 valence electrons. The average molecular weight is 604 g/mol. The molecule has 0 bridgehead atoms. The first-order valence-corrected chi connectivity index (χ1v) is 16.5. The lowest BCUT2D eigenvalue weighted by Crippen LogP contribution is -2.12. The van der Waals surface area contributed by atoms with Crippen molar-refractivity contribution in [2.75, 3.05) is 4.90 Å². The second-order valence-corrected chi connectivity index (χ2v) is 12.8. The zero-order valence-electron chi connectivity index (χ0n) is 25.1. The highest BCUT2D eigenvalue weighted by molar-refractivity contribution is 7.26. The molecule has 1 nitrogen and oxygen atoms in total. The third-order valence-electron chi connectivity index (χ3n) is 9.02. The molecule has 0 saturated carbocycles. The molecule has 0 amide bonds. The minimum absolute atomic E-state index is 1.14.